The van der Waals surface area contributed by atoms with Crippen LogP contribution in [0.15, 0.2) is 36.5 Å². The highest BCUT2D eigenvalue weighted by molar-refractivity contribution is 5.94. The SMILES string of the molecule is COC(=O)c1cnn(-c2ccccc2)c1N. The fraction of sp³-hybridized carbons (Fsp3) is 0.0909. The predicted molar refractivity (Wildman–Crippen MR) is 59.3 cm³/mol. The van der Waals surface area contributed by atoms with Crippen molar-refractivity contribution < 1.29 is 9.53 Å². The van der Waals surface area contributed by atoms with E-state index >= 15 is 0 Å². The Bertz CT molecular complexity index is 505. The van der Waals surface area contributed by atoms with Crippen LogP contribution in [0.3, 0.4) is 0 Å². The fourth-order valence-electron chi connectivity index (χ4n) is 1.40. The first-order valence-corrected chi connectivity index (χ1v) is 4.71. The Kier molecular flexibility index (Phi) is 2.59. The summed E-state index contributed by atoms with van der Waals surface area (Å²) in [6, 6.07) is 9.34. The van der Waals surface area contributed by atoms with E-state index in [9.17, 15) is 4.79 Å². The minimum atomic E-state index is -0.486. The zero-order valence-corrected chi connectivity index (χ0v) is 8.75. The molecule has 0 amide bonds. The van der Waals surface area contributed by atoms with Crippen molar-refractivity contribution in [2.24, 2.45) is 0 Å². The topological polar surface area (TPSA) is 70.1 Å². The molecule has 0 aliphatic carbocycles. The lowest BCUT2D eigenvalue weighted by Gasteiger charge is -2.03. The molecule has 0 unspecified atom stereocenters. The van der Waals surface area contributed by atoms with Gasteiger partial charge in [0.15, 0.2) is 0 Å². The number of hydrogen-bond donors (Lipinski definition) is 1. The summed E-state index contributed by atoms with van der Waals surface area (Å²) in [6.07, 6.45) is 1.40. The summed E-state index contributed by atoms with van der Waals surface area (Å²) in [6.45, 7) is 0. The lowest BCUT2D eigenvalue weighted by Crippen LogP contribution is -2.07. The van der Waals surface area contributed by atoms with Crippen molar-refractivity contribution in [3.05, 3.63) is 42.1 Å². The minimum Gasteiger partial charge on any atom is -0.465 e. The Morgan fingerprint density at radius 3 is 2.69 bits per heavy atom. The first kappa shape index (κ1) is 10.2. The standard InChI is InChI=1S/C11H11N3O2/c1-16-11(15)9-7-13-14(10(9)12)8-5-3-2-4-6-8/h2-7H,12H2,1H3. The van der Waals surface area contributed by atoms with E-state index in [2.05, 4.69) is 9.84 Å². The van der Waals surface area contributed by atoms with Gasteiger partial charge in [-0.15, -0.1) is 0 Å². The lowest BCUT2D eigenvalue weighted by atomic mass is 10.3. The van der Waals surface area contributed by atoms with E-state index in [0.717, 1.165) is 5.69 Å². The summed E-state index contributed by atoms with van der Waals surface area (Å²) in [5.41, 5.74) is 6.88. The number of esters is 1. The molecule has 5 nitrogen and oxygen atoms in total. The van der Waals surface area contributed by atoms with Crippen LogP contribution in [0.2, 0.25) is 0 Å². The number of ether oxygens (including phenoxy) is 1. The Morgan fingerprint density at radius 2 is 2.06 bits per heavy atom. The quantitative estimate of drug-likeness (QED) is 0.768. The number of carbonyl (C=O) groups excluding carboxylic acids is 1. The van der Waals surface area contributed by atoms with Crippen LogP contribution in [0, 0.1) is 0 Å². The van der Waals surface area contributed by atoms with Gasteiger partial charge in [0.25, 0.3) is 0 Å². The number of aromatic nitrogens is 2. The molecule has 0 spiro atoms. The molecule has 0 radical (unpaired) electrons. The van der Waals surface area contributed by atoms with Gasteiger partial charge >= 0.3 is 5.97 Å². The molecular formula is C11H11N3O2. The number of benzene rings is 1. The van der Waals surface area contributed by atoms with Crippen molar-refractivity contribution in [1.82, 2.24) is 9.78 Å². The van der Waals surface area contributed by atoms with Crippen LogP contribution in [0.4, 0.5) is 5.82 Å². The van der Waals surface area contributed by atoms with Gasteiger partial charge in [-0.05, 0) is 12.1 Å². The molecule has 1 heterocycles. The molecule has 5 heteroatoms. The summed E-state index contributed by atoms with van der Waals surface area (Å²) in [5, 5.41) is 4.05. The van der Waals surface area contributed by atoms with E-state index in [1.54, 1.807) is 0 Å². The molecule has 0 aliphatic heterocycles. The van der Waals surface area contributed by atoms with Crippen LogP contribution >= 0.6 is 0 Å². The molecule has 0 aliphatic rings. The predicted octanol–water partition coefficient (Wildman–Crippen LogP) is 1.24. The second-order valence-corrected chi connectivity index (χ2v) is 3.18. The second-order valence-electron chi connectivity index (χ2n) is 3.18. The Morgan fingerprint density at radius 1 is 1.38 bits per heavy atom. The van der Waals surface area contributed by atoms with Gasteiger partial charge in [0.1, 0.15) is 11.4 Å². The van der Waals surface area contributed by atoms with Crippen LogP contribution in [0.25, 0.3) is 5.69 Å². The number of rotatable bonds is 2. The van der Waals surface area contributed by atoms with E-state index in [1.807, 2.05) is 30.3 Å². The van der Waals surface area contributed by atoms with Gasteiger partial charge < -0.3 is 10.5 Å². The van der Waals surface area contributed by atoms with Gasteiger partial charge in [-0.1, -0.05) is 18.2 Å². The first-order chi connectivity index (χ1) is 7.74. The van der Waals surface area contributed by atoms with Crippen LogP contribution in [0.1, 0.15) is 10.4 Å². The summed E-state index contributed by atoms with van der Waals surface area (Å²) >= 11 is 0. The van der Waals surface area contributed by atoms with Gasteiger partial charge in [-0.3, -0.25) is 0 Å². The van der Waals surface area contributed by atoms with E-state index in [0.29, 0.717) is 0 Å². The molecule has 2 aromatic rings. The lowest BCUT2D eigenvalue weighted by molar-refractivity contribution is 0.0602. The molecule has 0 saturated carbocycles. The molecule has 0 atom stereocenters. The maximum absolute atomic E-state index is 11.3. The molecule has 1 aromatic carbocycles. The first-order valence-electron chi connectivity index (χ1n) is 4.71. The molecule has 82 valence electrons. The van der Waals surface area contributed by atoms with E-state index in [-0.39, 0.29) is 11.4 Å². The Labute approximate surface area is 92.4 Å². The zero-order chi connectivity index (χ0) is 11.5. The number of anilines is 1. The van der Waals surface area contributed by atoms with Gasteiger partial charge in [0, 0.05) is 0 Å². The largest absolute Gasteiger partial charge is 0.465 e. The van der Waals surface area contributed by atoms with Gasteiger partial charge in [-0.25, -0.2) is 9.48 Å². The second kappa shape index (κ2) is 4.06. The number of methoxy groups -OCH3 is 1. The van der Waals surface area contributed by atoms with Gasteiger partial charge in [0.05, 0.1) is 19.0 Å². The van der Waals surface area contributed by atoms with Gasteiger partial charge in [0.2, 0.25) is 0 Å². The molecule has 0 saturated heterocycles. The summed E-state index contributed by atoms with van der Waals surface area (Å²) in [7, 11) is 1.31. The third-order valence-corrected chi connectivity index (χ3v) is 2.21. The summed E-state index contributed by atoms with van der Waals surface area (Å²) in [4.78, 5) is 11.3. The number of para-hydroxylation sites is 1. The van der Waals surface area contributed by atoms with Crippen molar-refractivity contribution in [3.8, 4) is 5.69 Å². The van der Waals surface area contributed by atoms with Crippen LogP contribution < -0.4 is 5.73 Å². The molecule has 2 N–H and O–H groups in total. The Balaban J connectivity index is 2.45. The van der Waals surface area contributed by atoms with Crippen molar-refractivity contribution in [2.45, 2.75) is 0 Å². The van der Waals surface area contributed by atoms with E-state index in [4.69, 9.17) is 5.73 Å². The molecule has 1 aromatic heterocycles. The number of nitrogens with zero attached hydrogens (tertiary/aromatic N) is 2. The smallest absolute Gasteiger partial charge is 0.343 e. The maximum Gasteiger partial charge on any atom is 0.343 e. The third-order valence-electron chi connectivity index (χ3n) is 2.21. The highest BCUT2D eigenvalue weighted by Gasteiger charge is 2.15. The highest BCUT2D eigenvalue weighted by atomic mass is 16.5. The number of hydrogen-bond acceptors (Lipinski definition) is 4. The average Bonchev–Trinajstić information content (AvgIpc) is 2.71. The van der Waals surface area contributed by atoms with Crippen molar-refractivity contribution in [2.75, 3.05) is 12.8 Å². The highest BCUT2D eigenvalue weighted by Crippen LogP contribution is 2.17. The van der Waals surface area contributed by atoms with Crippen molar-refractivity contribution >= 4 is 11.8 Å². The number of nitrogens with two attached hydrogens (primary N) is 1. The average molecular weight is 217 g/mol. The Hall–Kier alpha value is -2.30. The minimum absolute atomic E-state index is 0.270. The van der Waals surface area contributed by atoms with Crippen molar-refractivity contribution in [3.63, 3.8) is 0 Å². The summed E-state index contributed by atoms with van der Waals surface area (Å²) < 4.78 is 6.09. The monoisotopic (exact) mass is 217 g/mol. The van der Waals surface area contributed by atoms with Crippen molar-refractivity contribution in [1.29, 1.82) is 0 Å². The maximum atomic E-state index is 11.3. The zero-order valence-electron chi connectivity index (χ0n) is 8.75. The normalized spacial score (nSPS) is 10.1. The third kappa shape index (κ3) is 1.63. The molecule has 2 rings (SSSR count). The molecule has 0 fully saturated rings. The number of nitrogen functional groups attached to an aromatic ring is 1. The molecule has 0 bridgehead atoms. The van der Waals surface area contributed by atoms with E-state index < -0.39 is 5.97 Å². The fourth-order valence-corrected chi connectivity index (χ4v) is 1.40. The van der Waals surface area contributed by atoms with Gasteiger partial charge in [-0.2, -0.15) is 5.10 Å². The number of carbonyl (C=O) groups is 1. The van der Waals surface area contributed by atoms with Crippen LogP contribution in [-0.2, 0) is 4.74 Å². The molecule has 16 heavy (non-hydrogen) atoms. The van der Waals surface area contributed by atoms with Crippen LogP contribution in [0.5, 0.6) is 0 Å². The summed E-state index contributed by atoms with van der Waals surface area (Å²) in [5.74, 6) is -0.210. The van der Waals surface area contributed by atoms with E-state index in [1.165, 1.54) is 18.0 Å². The van der Waals surface area contributed by atoms with Crippen LogP contribution in [-0.4, -0.2) is 22.9 Å². The molecular weight excluding hydrogens is 206 g/mol.